The fraction of sp³-hybridized carbons (Fsp3) is 0.682. The van der Waals surface area contributed by atoms with Gasteiger partial charge in [-0.05, 0) is 36.8 Å². The lowest BCUT2D eigenvalue weighted by atomic mass is 9.84. The van der Waals surface area contributed by atoms with Gasteiger partial charge in [0.1, 0.15) is 0 Å². The molecular formula is C22H36N4O2. The van der Waals surface area contributed by atoms with Crippen molar-refractivity contribution in [3.63, 3.8) is 0 Å². The molecule has 6 heteroatoms. The van der Waals surface area contributed by atoms with E-state index in [9.17, 15) is 5.11 Å². The average molecular weight is 389 g/mol. The zero-order chi connectivity index (χ0) is 19.8. The molecule has 3 rings (SSSR count). The molecule has 28 heavy (non-hydrogen) atoms. The van der Waals surface area contributed by atoms with Crippen molar-refractivity contribution in [2.45, 2.75) is 45.2 Å². The van der Waals surface area contributed by atoms with Crippen LogP contribution in [0.5, 0.6) is 0 Å². The summed E-state index contributed by atoms with van der Waals surface area (Å²) in [7, 11) is 1.82. The Labute approximate surface area is 169 Å². The molecule has 156 valence electrons. The van der Waals surface area contributed by atoms with Crippen molar-refractivity contribution in [2.75, 3.05) is 46.5 Å². The molecule has 2 unspecified atom stereocenters. The average Bonchev–Trinajstić information content (AvgIpc) is 3.19. The van der Waals surface area contributed by atoms with Gasteiger partial charge in [-0.15, -0.1) is 0 Å². The molecule has 2 atom stereocenters. The van der Waals surface area contributed by atoms with Gasteiger partial charge in [-0.2, -0.15) is 0 Å². The van der Waals surface area contributed by atoms with E-state index in [4.69, 9.17) is 4.74 Å². The fourth-order valence-electron chi connectivity index (χ4n) is 4.38. The number of rotatable bonds is 8. The standard InChI is InChI=1S/C22H36N4O2/c1-3-20(26-11-8-18-6-4-5-7-19(18)15-26)14-24-21(23-2)25-16-22(9-12-27)10-13-28-17-22/h4-7,20,27H,3,8-17H2,1-2H3,(H2,23,24,25). The van der Waals surface area contributed by atoms with E-state index in [2.05, 4.69) is 51.7 Å². The maximum absolute atomic E-state index is 9.40. The number of nitrogens with zero attached hydrogens (tertiary/aromatic N) is 2. The molecule has 3 N–H and O–H groups in total. The van der Waals surface area contributed by atoms with Gasteiger partial charge in [-0.25, -0.2) is 0 Å². The van der Waals surface area contributed by atoms with E-state index in [1.165, 1.54) is 11.1 Å². The van der Waals surface area contributed by atoms with Gasteiger partial charge in [0, 0.05) is 57.9 Å². The monoisotopic (exact) mass is 388 g/mol. The Kier molecular flexibility index (Phi) is 7.71. The smallest absolute Gasteiger partial charge is 0.191 e. The second-order valence-corrected chi connectivity index (χ2v) is 8.13. The summed E-state index contributed by atoms with van der Waals surface area (Å²) in [5.41, 5.74) is 2.97. The second-order valence-electron chi connectivity index (χ2n) is 8.13. The van der Waals surface area contributed by atoms with E-state index in [1.807, 2.05) is 7.05 Å². The second kappa shape index (κ2) is 10.2. The van der Waals surface area contributed by atoms with E-state index >= 15 is 0 Å². The summed E-state index contributed by atoms with van der Waals surface area (Å²) < 4.78 is 5.58. The maximum atomic E-state index is 9.40. The first kappa shape index (κ1) is 21.1. The highest BCUT2D eigenvalue weighted by atomic mass is 16.5. The van der Waals surface area contributed by atoms with Gasteiger partial charge >= 0.3 is 0 Å². The van der Waals surface area contributed by atoms with E-state index in [-0.39, 0.29) is 12.0 Å². The van der Waals surface area contributed by atoms with Gasteiger partial charge < -0.3 is 20.5 Å². The van der Waals surface area contributed by atoms with Crippen molar-refractivity contribution in [1.82, 2.24) is 15.5 Å². The number of benzene rings is 1. The van der Waals surface area contributed by atoms with Gasteiger partial charge in [0.05, 0.1) is 6.61 Å². The molecule has 2 aliphatic heterocycles. The molecular weight excluding hydrogens is 352 g/mol. The van der Waals surface area contributed by atoms with Gasteiger partial charge in [-0.3, -0.25) is 9.89 Å². The van der Waals surface area contributed by atoms with Gasteiger partial charge in [0.25, 0.3) is 0 Å². The topological polar surface area (TPSA) is 69.1 Å². The molecule has 0 radical (unpaired) electrons. The van der Waals surface area contributed by atoms with Crippen LogP contribution in [0.2, 0.25) is 0 Å². The predicted molar refractivity (Wildman–Crippen MR) is 114 cm³/mol. The van der Waals surface area contributed by atoms with Crippen LogP contribution in [0.1, 0.15) is 37.3 Å². The Hall–Kier alpha value is -1.63. The van der Waals surface area contributed by atoms with Crippen molar-refractivity contribution in [2.24, 2.45) is 10.4 Å². The van der Waals surface area contributed by atoms with Crippen LogP contribution < -0.4 is 10.6 Å². The van der Waals surface area contributed by atoms with Crippen molar-refractivity contribution in [1.29, 1.82) is 0 Å². The quantitative estimate of drug-likeness (QED) is 0.468. The van der Waals surface area contributed by atoms with Crippen LogP contribution in [-0.2, 0) is 17.7 Å². The number of aliphatic hydroxyl groups is 1. The summed E-state index contributed by atoms with van der Waals surface area (Å²) in [4.78, 5) is 6.98. The molecule has 0 aromatic heterocycles. The van der Waals surface area contributed by atoms with Crippen molar-refractivity contribution >= 4 is 5.96 Å². The van der Waals surface area contributed by atoms with Crippen LogP contribution in [0.15, 0.2) is 29.3 Å². The summed E-state index contributed by atoms with van der Waals surface area (Å²) in [6.45, 7) is 7.74. The van der Waals surface area contributed by atoms with Crippen LogP contribution in [0.4, 0.5) is 0 Å². The van der Waals surface area contributed by atoms with Crippen LogP contribution >= 0.6 is 0 Å². The molecule has 0 amide bonds. The summed E-state index contributed by atoms with van der Waals surface area (Å²) in [5, 5.41) is 16.4. The van der Waals surface area contributed by atoms with Crippen LogP contribution in [0.3, 0.4) is 0 Å². The maximum Gasteiger partial charge on any atom is 0.191 e. The Bertz CT molecular complexity index is 643. The predicted octanol–water partition coefficient (Wildman–Crippen LogP) is 1.78. The summed E-state index contributed by atoms with van der Waals surface area (Å²) in [6, 6.07) is 9.27. The Balaban J connectivity index is 1.51. The Morgan fingerprint density at radius 3 is 2.82 bits per heavy atom. The molecule has 1 fully saturated rings. The van der Waals surface area contributed by atoms with Crippen LogP contribution in [-0.4, -0.2) is 68.5 Å². The zero-order valence-corrected chi connectivity index (χ0v) is 17.4. The third kappa shape index (κ3) is 5.25. The van der Waals surface area contributed by atoms with E-state index in [0.29, 0.717) is 12.6 Å². The van der Waals surface area contributed by atoms with E-state index in [0.717, 1.165) is 64.4 Å². The number of nitrogens with one attached hydrogen (secondary N) is 2. The molecule has 2 aliphatic rings. The van der Waals surface area contributed by atoms with Crippen molar-refractivity contribution in [3.8, 4) is 0 Å². The third-order valence-electron chi connectivity index (χ3n) is 6.33. The minimum Gasteiger partial charge on any atom is -0.396 e. The van der Waals surface area contributed by atoms with Crippen LogP contribution in [0, 0.1) is 5.41 Å². The minimum atomic E-state index is 0.0209. The Morgan fingerprint density at radius 2 is 2.14 bits per heavy atom. The summed E-state index contributed by atoms with van der Waals surface area (Å²) in [5.74, 6) is 0.833. The molecule has 0 bridgehead atoms. The fourth-order valence-corrected chi connectivity index (χ4v) is 4.38. The highest BCUT2D eigenvalue weighted by Crippen LogP contribution is 2.31. The van der Waals surface area contributed by atoms with Gasteiger partial charge in [0.15, 0.2) is 5.96 Å². The number of fused-ring (bicyclic) bond motifs is 1. The third-order valence-corrected chi connectivity index (χ3v) is 6.33. The van der Waals surface area contributed by atoms with Crippen LogP contribution in [0.25, 0.3) is 0 Å². The van der Waals surface area contributed by atoms with Crippen molar-refractivity contribution in [3.05, 3.63) is 35.4 Å². The van der Waals surface area contributed by atoms with Crippen molar-refractivity contribution < 1.29 is 9.84 Å². The largest absolute Gasteiger partial charge is 0.396 e. The first-order valence-corrected chi connectivity index (χ1v) is 10.6. The molecule has 0 spiro atoms. The van der Waals surface area contributed by atoms with Gasteiger partial charge in [0.2, 0.25) is 0 Å². The molecule has 0 saturated carbocycles. The summed E-state index contributed by atoms with van der Waals surface area (Å²) >= 11 is 0. The van der Waals surface area contributed by atoms with Gasteiger partial charge in [-0.1, -0.05) is 31.2 Å². The highest BCUT2D eigenvalue weighted by molar-refractivity contribution is 5.79. The normalized spacial score (nSPS) is 24.0. The number of aliphatic imine (C=N–C) groups is 1. The SMILES string of the molecule is CCC(CNC(=NC)NCC1(CCO)CCOC1)N1CCc2ccccc2C1. The number of ether oxygens (including phenoxy) is 1. The van der Waals surface area contributed by atoms with E-state index < -0.39 is 0 Å². The molecule has 0 aliphatic carbocycles. The number of guanidine groups is 1. The minimum absolute atomic E-state index is 0.0209. The number of aliphatic hydroxyl groups excluding tert-OH is 1. The lowest BCUT2D eigenvalue weighted by Gasteiger charge is -2.35. The lowest BCUT2D eigenvalue weighted by Crippen LogP contribution is -2.50. The highest BCUT2D eigenvalue weighted by Gasteiger charge is 2.34. The van der Waals surface area contributed by atoms with E-state index in [1.54, 1.807) is 0 Å². The molecule has 1 aromatic rings. The Morgan fingerprint density at radius 1 is 1.32 bits per heavy atom. The zero-order valence-electron chi connectivity index (χ0n) is 17.4. The first-order chi connectivity index (χ1) is 13.7. The molecule has 1 saturated heterocycles. The molecule has 1 aromatic carbocycles. The summed E-state index contributed by atoms with van der Waals surface area (Å²) in [6.07, 6.45) is 3.99. The molecule has 2 heterocycles. The first-order valence-electron chi connectivity index (χ1n) is 10.6. The number of hydrogen-bond donors (Lipinski definition) is 3. The molecule has 6 nitrogen and oxygen atoms in total. The lowest BCUT2D eigenvalue weighted by molar-refractivity contribution is 0.127. The number of hydrogen-bond acceptors (Lipinski definition) is 4.